The van der Waals surface area contributed by atoms with Crippen LogP contribution >= 0.6 is 0 Å². The molecule has 0 aliphatic rings. The summed E-state index contributed by atoms with van der Waals surface area (Å²) in [6.07, 6.45) is 2.36. The largest absolute Gasteiger partial charge is 0.300 e. The monoisotopic (exact) mass is 346 g/mol. The first-order chi connectivity index (χ1) is 12.7. The Kier molecular flexibility index (Phi) is 4.32. The van der Waals surface area contributed by atoms with Crippen LogP contribution in [0.1, 0.15) is 11.4 Å². The molecule has 26 heavy (non-hydrogen) atoms. The van der Waals surface area contributed by atoms with Gasteiger partial charge in [-0.25, -0.2) is 13.8 Å². The molecular weight excluding hydrogens is 330 g/mol. The van der Waals surface area contributed by atoms with Gasteiger partial charge in [0.25, 0.3) is 0 Å². The fourth-order valence-corrected chi connectivity index (χ4v) is 2.94. The summed E-state index contributed by atoms with van der Waals surface area (Å²) in [6.45, 7) is 0. The second-order valence-electron chi connectivity index (χ2n) is 6.03. The normalized spacial score (nSPS) is 10.8. The molecule has 0 saturated carbocycles. The van der Waals surface area contributed by atoms with E-state index in [2.05, 4.69) is 0 Å². The highest BCUT2D eigenvalue weighted by molar-refractivity contribution is 5.59. The molecule has 4 aromatic rings. The van der Waals surface area contributed by atoms with E-state index in [9.17, 15) is 8.78 Å². The summed E-state index contributed by atoms with van der Waals surface area (Å²) < 4.78 is 29.3. The molecule has 0 fully saturated rings. The molecule has 2 nitrogen and oxygen atoms in total. The first kappa shape index (κ1) is 16.2. The van der Waals surface area contributed by atoms with Gasteiger partial charge in [-0.15, -0.1) is 0 Å². The average molecular weight is 346 g/mol. The van der Waals surface area contributed by atoms with Crippen molar-refractivity contribution in [2.45, 2.75) is 6.42 Å². The van der Waals surface area contributed by atoms with E-state index < -0.39 is 0 Å². The van der Waals surface area contributed by atoms with Crippen molar-refractivity contribution in [3.8, 4) is 16.9 Å². The second kappa shape index (κ2) is 6.92. The lowest BCUT2D eigenvalue weighted by Gasteiger charge is -2.08. The molecule has 0 atom stereocenters. The van der Waals surface area contributed by atoms with Crippen molar-refractivity contribution in [3.63, 3.8) is 0 Å². The van der Waals surface area contributed by atoms with Crippen LogP contribution < -0.4 is 0 Å². The molecule has 1 heterocycles. The molecule has 4 rings (SSSR count). The highest BCUT2D eigenvalue weighted by Crippen LogP contribution is 2.24. The van der Waals surface area contributed by atoms with Gasteiger partial charge in [-0.1, -0.05) is 42.5 Å². The van der Waals surface area contributed by atoms with Gasteiger partial charge in [0.05, 0.1) is 11.4 Å². The Morgan fingerprint density at radius 3 is 2.19 bits per heavy atom. The minimum Gasteiger partial charge on any atom is -0.300 e. The summed E-state index contributed by atoms with van der Waals surface area (Å²) in [4.78, 5) is 4.70. The zero-order valence-electron chi connectivity index (χ0n) is 13.9. The molecule has 0 aliphatic carbocycles. The van der Waals surface area contributed by atoms with E-state index in [0.29, 0.717) is 17.8 Å². The summed E-state index contributed by atoms with van der Waals surface area (Å²) in [5.41, 5.74) is 3.00. The molecule has 4 heteroatoms. The molecule has 0 saturated heterocycles. The van der Waals surface area contributed by atoms with Crippen molar-refractivity contribution in [1.82, 2.24) is 9.55 Å². The molecular formula is C22H16F2N2. The van der Waals surface area contributed by atoms with Crippen molar-refractivity contribution in [3.05, 3.63) is 108 Å². The third kappa shape index (κ3) is 3.26. The average Bonchev–Trinajstić information content (AvgIpc) is 3.07. The lowest BCUT2D eigenvalue weighted by atomic mass is 10.1. The Hall–Kier alpha value is -3.27. The minimum absolute atomic E-state index is 0.299. The topological polar surface area (TPSA) is 17.8 Å². The van der Waals surface area contributed by atoms with Gasteiger partial charge in [0.15, 0.2) is 0 Å². The Bertz CT molecular complexity index is 1020. The number of rotatable bonds is 4. The number of hydrogen-bond acceptors (Lipinski definition) is 1. The van der Waals surface area contributed by atoms with Gasteiger partial charge in [-0.05, 0) is 42.0 Å². The van der Waals surface area contributed by atoms with Crippen molar-refractivity contribution in [2.75, 3.05) is 0 Å². The Morgan fingerprint density at radius 2 is 1.46 bits per heavy atom. The maximum Gasteiger partial charge on any atom is 0.147 e. The maximum absolute atomic E-state index is 14.4. The summed E-state index contributed by atoms with van der Waals surface area (Å²) in [6, 6.07) is 22.7. The van der Waals surface area contributed by atoms with Gasteiger partial charge in [0, 0.05) is 18.2 Å². The number of para-hydroxylation sites is 1. The van der Waals surface area contributed by atoms with E-state index >= 15 is 0 Å². The number of aromatic nitrogens is 2. The highest BCUT2D eigenvalue weighted by Gasteiger charge is 2.14. The molecule has 0 amide bonds. The molecule has 0 radical (unpaired) electrons. The van der Waals surface area contributed by atoms with Gasteiger partial charge < -0.3 is 0 Å². The fourth-order valence-electron chi connectivity index (χ4n) is 2.94. The first-order valence-corrected chi connectivity index (χ1v) is 8.34. The van der Waals surface area contributed by atoms with Crippen molar-refractivity contribution >= 4 is 0 Å². The zero-order chi connectivity index (χ0) is 17.9. The Balaban J connectivity index is 1.82. The fraction of sp³-hybridized carbons (Fsp3) is 0.0455. The number of hydrogen-bond donors (Lipinski definition) is 0. The van der Waals surface area contributed by atoms with E-state index in [0.717, 1.165) is 17.0 Å². The van der Waals surface area contributed by atoms with Gasteiger partial charge in [-0.3, -0.25) is 4.57 Å². The van der Waals surface area contributed by atoms with Gasteiger partial charge in [0.1, 0.15) is 17.5 Å². The first-order valence-electron chi connectivity index (χ1n) is 8.34. The Labute approximate surface area is 150 Å². The molecule has 0 spiro atoms. The molecule has 0 aliphatic heterocycles. The van der Waals surface area contributed by atoms with Crippen LogP contribution in [0.5, 0.6) is 0 Å². The third-order valence-corrected chi connectivity index (χ3v) is 4.24. The van der Waals surface area contributed by atoms with Crippen LogP contribution in [0.25, 0.3) is 16.9 Å². The number of halogens is 2. The predicted octanol–water partition coefficient (Wildman–Crippen LogP) is 5.41. The lowest BCUT2D eigenvalue weighted by Crippen LogP contribution is -2.03. The van der Waals surface area contributed by atoms with Crippen molar-refractivity contribution < 1.29 is 8.78 Å². The van der Waals surface area contributed by atoms with E-state index in [4.69, 9.17) is 4.98 Å². The quantitative estimate of drug-likeness (QED) is 0.483. The van der Waals surface area contributed by atoms with Gasteiger partial charge >= 0.3 is 0 Å². The number of imidazole rings is 1. The second-order valence-corrected chi connectivity index (χ2v) is 6.03. The lowest BCUT2D eigenvalue weighted by molar-refractivity contribution is 0.615. The van der Waals surface area contributed by atoms with Crippen LogP contribution in [-0.4, -0.2) is 9.55 Å². The third-order valence-electron chi connectivity index (χ3n) is 4.24. The molecule has 3 aromatic carbocycles. The Morgan fingerprint density at radius 1 is 0.769 bits per heavy atom. The summed E-state index contributed by atoms with van der Waals surface area (Å²) in [5, 5.41) is 0. The van der Waals surface area contributed by atoms with Gasteiger partial charge in [-0.2, -0.15) is 0 Å². The predicted molar refractivity (Wildman–Crippen MR) is 98.2 cm³/mol. The molecule has 0 unspecified atom stereocenters. The molecule has 128 valence electrons. The van der Waals surface area contributed by atoms with Crippen molar-refractivity contribution in [2.24, 2.45) is 0 Å². The number of benzene rings is 3. The molecule has 1 aromatic heterocycles. The minimum atomic E-state index is -0.315. The van der Waals surface area contributed by atoms with Crippen LogP contribution in [0.15, 0.2) is 85.1 Å². The number of nitrogens with zero attached hydrogens (tertiary/aromatic N) is 2. The summed E-state index contributed by atoms with van der Waals surface area (Å²) in [5.74, 6) is 0.109. The van der Waals surface area contributed by atoms with Crippen LogP contribution in [0.2, 0.25) is 0 Å². The van der Waals surface area contributed by atoms with Crippen LogP contribution in [-0.2, 0) is 6.42 Å². The van der Waals surface area contributed by atoms with Crippen LogP contribution in [0.3, 0.4) is 0 Å². The summed E-state index contributed by atoms with van der Waals surface area (Å²) >= 11 is 0. The molecule has 0 bridgehead atoms. The molecule has 0 N–H and O–H groups in total. The van der Waals surface area contributed by atoms with E-state index in [1.165, 1.54) is 18.2 Å². The standard InChI is InChI=1S/C22H16F2N2/c23-18-12-10-17(11-13-18)20-15-26(21-9-5-4-8-19(21)24)22(25-20)14-16-6-2-1-3-7-16/h1-13,15H,14H2. The smallest absolute Gasteiger partial charge is 0.147 e. The van der Waals surface area contributed by atoms with Crippen LogP contribution in [0, 0.1) is 11.6 Å². The van der Waals surface area contributed by atoms with E-state index in [-0.39, 0.29) is 11.6 Å². The maximum atomic E-state index is 14.4. The summed E-state index contributed by atoms with van der Waals surface area (Å²) in [7, 11) is 0. The van der Waals surface area contributed by atoms with Crippen LogP contribution in [0.4, 0.5) is 8.78 Å². The van der Waals surface area contributed by atoms with E-state index in [1.54, 1.807) is 41.1 Å². The van der Waals surface area contributed by atoms with Gasteiger partial charge in [0.2, 0.25) is 0 Å². The van der Waals surface area contributed by atoms with E-state index in [1.807, 2.05) is 30.3 Å². The SMILES string of the molecule is Fc1ccc(-c2cn(-c3ccccc3F)c(Cc3ccccc3)n2)cc1. The zero-order valence-corrected chi connectivity index (χ0v) is 13.9. The van der Waals surface area contributed by atoms with Crippen molar-refractivity contribution in [1.29, 1.82) is 0 Å². The highest BCUT2D eigenvalue weighted by atomic mass is 19.1.